The predicted octanol–water partition coefficient (Wildman–Crippen LogP) is 2.10. The van der Waals surface area contributed by atoms with Crippen LogP contribution < -0.4 is 0 Å². The average Bonchev–Trinajstić information content (AvgIpc) is 2.97. The topological polar surface area (TPSA) is 89.9 Å². The van der Waals surface area contributed by atoms with Gasteiger partial charge in [-0.1, -0.05) is 0 Å². The zero-order valence-corrected chi connectivity index (χ0v) is 9.29. The second-order valence-corrected chi connectivity index (χ2v) is 3.49. The molecule has 0 aromatic carbocycles. The van der Waals surface area contributed by atoms with E-state index in [0.717, 1.165) is 0 Å². The zero-order valence-electron chi connectivity index (χ0n) is 9.29. The normalized spacial score (nSPS) is 10.4. The molecule has 18 heavy (non-hydrogen) atoms. The minimum atomic E-state index is -1.12. The number of furan rings is 2. The highest BCUT2D eigenvalue weighted by atomic mass is 16.5. The first-order valence-corrected chi connectivity index (χ1v) is 5.12. The molecule has 0 bridgehead atoms. The number of carboxylic acid groups (broad SMARTS) is 1. The molecule has 0 saturated heterocycles. The van der Waals surface area contributed by atoms with E-state index in [2.05, 4.69) is 0 Å². The molecule has 0 saturated carbocycles. The van der Waals surface area contributed by atoms with Crippen LogP contribution in [0.2, 0.25) is 0 Å². The Bertz CT molecular complexity index is 550. The lowest BCUT2D eigenvalue weighted by molar-refractivity contribution is 0.0628. The molecule has 2 aromatic heterocycles. The Kier molecular flexibility index (Phi) is 3.59. The Morgan fingerprint density at radius 1 is 1.17 bits per heavy atom. The van der Waals surface area contributed by atoms with Gasteiger partial charge in [-0.15, -0.1) is 0 Å². The summed E-state index contributed by atoms with van der Waals surface area (Å²) < 4.78 is 15.4. The molecule has 0 aliphatic rings. The van der Waals surface area contributed by atoms with Crippen molar-refractivity contribution < 1.29 is 28.3 Å². The van der Waals surface area contributed by atoms with Gasteiger partial charge in [0.15, 0.2) is 12.0 Å². The van der Waals surface area contributed by atoms with Crippen LogP contribution in [0, 0.1) is 0 Å². The molecule has 0 amide bonds. The fraction of sp³-hybridized carbons (Fsp3) is 0.167. The summed E-state index contributed by atoms with van der Waals surface area (Å²) in [6.07, 6.45) is 0.606. The van der Waals surface area contributed by atoms with Crippen LogP contribution in [0.4, 0.5) is 0 Å². The number of carbonyl (C=O) groups excluding carboxylic acids is 1. The maximum atomic E-state index is 10.6. The summed E-state index contributed by atoms with van der Waals surface area (Å²) in [4.78, 5) is 20.9. The highest BCUT2D eigenvalue weighted by Gasteiger charge is 2.09. The van der Waals surface area contributed by atoms with Gasteiger partial charge in [0.25, 0.3) is 0 Å². The molecule has 0 aliphatic heterocycles. The van der Waals surface area contributed by atoms with Crippen molar-refractivity contribution in [1.29, 1.82) is 0 Å². The van der Waals surface area contributed by atoms with Gasteiger partial charge in [0, 0.05) is 0 Å². The molecular weight excluding hydrogens is 240 g/mol. The molecular formula is C12H10O6. The molecule has 2 heterocycles. The first-order valence-electron chi connectivity index (χ1n) is 5.12. The van der Waals surface area contributed by atoms with Gasteiger partial charge in [-0.2, -0.15) is 0 Å². The van der Waals surface area contributed by atoms with E-state index in [1.165, 1.54) is 12.1 Å². The van der Waals surface area contributed by atoms with Crippen molar-refractivity contribution in [3.05, 3.63) is 47.3 Å². The van der Waals surface area contributed by atoms with Crippen molar-refractivity contribution in [2.75, 3.05) is 0 Å². The largest absolute Gasteiger partial charge is 0.475 e. The molecule has 0 spiro atoms. The molecule has 0 radical (unpaired) electrons. The molecule has 0 atom stereocenters. The summed E-state index contributed by atoms with van der Waals surface area (Å²) in [5.74, 6) is -0.0887. The number of carbonyl (C=O) groups is 2. The monoisotopic (exact) mass is 250 g/mol. The minimum absolute atomic E-state index is 0.129. The molecule has 0 fully saturated rings. The smallest absolute Gasteiger partial charge is 0.371 e. The molecule has 0 aliphatic carbocycles. The third-order valence-corrected chi connectivity index (χ3v) is 2.16. The Hall–Kier alpha value is -2.34. The molecule has 94 valence electrons. The molecule has 6 nitrogen and oxygen atoms in total. The van der Waals surface area contributed by atoms with Crippen LogP contribution >= 0.6 is 0 Å². The highest BCUT2D eigenvalue weighted by molar-refractivity contribution is 5.84. The molecule has 0 unspecified atom stereocenters. The van der Waals surface area contributed by atoms with E-state index in [9.17, 15) is 9.59 Å². The number of rotatable bonds is 6. The SMILES string of the molecule is O=Cc1ccc(COCc2ccc(C(=O)O)o2)o1. The van der Waals surface area contributed by atoms with Gasteiger partial charge in [0.2, 0.25) is 5.76 Å². The molecule has 2 rings (SSSR count). The van der Waals surface area contributed by atoms with E-state index in [-0.39, 0.29) is 24.7 Å². The third-order valence-electron chi connectivity index (χ3n) is 2.16. The quantitative estimate of drug-likeness (QED) is 0.789. The molecule has 1 N–H and O–H groups in total. The first kappa shape index (κ1) is 12.1. The average molecular weight is 250 g/mol. The highest BCUT2D eigenvalue weighted by Crippen LogP contribution is 2.11. The molecule has 2 aromatic rings. The second-order valence-electron chi connectivity index (χ2n) is 3.49. The third kappa shape index (κ3) is 2.86. The summed E-state index contributed by atoms with van der Waals surface area (Å²) in [6.45, 7) is 0.307. The lowest BCUT2D eigenvalue weighted by atomic mass is 10.4. The Balaban J connectivity index is 1.84. The van der Waals surface area contributed by atoms with Crippen molar-refractivity contribution in [1.82, 2.24) is 0 Å². The Morgan fingerprint density at radius 2 is 1.83 bits per heavy atom. The van der Waals surface area contributed by atoms with Gasteiger partial charge in [-0.3, -0.25) is 4.79 Å². The van der Waals surface area contributed by atoms with Crippen LogP contribution in [0.3, 0.4) is 0 Å². The van der Waals surface area contributed by atoms with E-state index in [4.69, 9.17) is 18.7 Å². The van der Waals surface area contributed by atoms with Crippen LogP contribution in [-0.4, -0.2) is 17.4 Å². The Labute approximate surface area is 102 Å². The van der Waals surface area contributed by atoms with Crippen molar-refractivity contribution >= 4 is 12.3 Å². The Morgan fingerprint density at radius 3 is 2.39 bits per heavy atom. The van der Waals surface area contributed by atoms with Crippen LogP contribution in [-0.2, 0) is 18.0 Å². The van der Waals surface area contributed by atoms with E-state index in [1.807, 2.05) is 0 Å². The summed E-state index contributed by atoms with van der Waals surface area (Å²) in [5, 5.41) is 8.65. The molecule has 6 heteroatoms. The number of hydrogen-bond donors (Lipinski definition) is 1. The van der Waals surface area contributed by atoms with Gasteiger partial charge in [-0.05, 0) is 24.3 Å². The van der Waals surface area contributed by atoms with E-state index < -0.39 is 5.97 Å². The van der Waals surface area contributed by atoms with Gasteiger partial charge < -0.3 is 18.7 Å². The minimum Gasteiger partial charge on any atom is -0.475 e. The number of hydrogen-bond acceptors (Lipinski definition) is 5. The van der Waals surface area contributed by atoms with Gasteiger partial charge in [0.05, 0.1) is 0 Å². The van der Waals surface area contributed by atoms with Crippen LogP contribution in [0.25, 0.3) is 0 Å². The van der Waals surface area contributed by atoms with Crippen LogP contribution in [0.15, 0.2) is 33.1 Å². The summed E-state index contributed by atoms with van der Waals surface area (Å²) in [6, 6.07) is 6.07. The van der Waals surface area contributed by atoms with Crippen LogP contribution in [0.5, 0.6) is 0 Å². The lowest BCUT2D eigenvalue weighted by Crippen LogP contribution is -1.93. The van der Waals surface area contributed by atoms with Gasteiger partial charge in [0.1, 0.15) is 24.7 Å². The predicted molar refractivity (Wildman–Crippen MR) is 58.3 cm³/mol. The van der Waals surface area contributed by atoms with Gasteiger partial charge >= 0.3 is 5.97 Å². The fourth-order valence-corrected chi connectivity index (χ4v) is 1.36. The van der Waals surface area contributed by atoms with Crippen molar-refractivity contribution in [3.63, 3.8) is 0 Å². The van der Waals surface area contributed by atoms with Crippen molar-refractivity contribution in [2.45, 2.75) is 13.2 Å². The summed E-state index contributed by atoms with van der Waals surface area (Å²) >= 11 is 0. The van der Waals surface area contributed by atoms with Crippen molar-refractivity contribution in [3.8, 4) is 0 Å². The number of carboxylic acids is 1. The lowest BCUT2D eigenvalue weighted by Gasteiger charge is -1.98. The standard InChI is InChI=1S/C12H10O6/c13-5-8-1-2-9(17-8)6-16-7-10-3-4-11(18-10)12(14)15/h1-5H,6-7H2,(H,14,15). The fourth-order valence-electron chi connectivity index (χ4n) is 1.36. The van der Waals surface area contributed by atoms with Crippen molar-refractivity contribution in [2.24, 2.45) is 0 Å². The van der Waals surface area contributed by atoms with E-state index in [0.29, 0.717) is 17.8 Å². The van der Waals surface area contributed by atoms with Crippen LogP contribution in [0.1, 0.15) is 32.6 Å². The first-order chi connectivity index (χ1) is 8.69. The summed E-state index contributed by atoms with van der Waals surface area (Å²) in [7, 11) is 0. The second kappa shape index (κ2) is 5.33. The maximum Gasteiger partial charge on any atom is 0.371 e. The van der Waals surface area contributed by atoms with E-state index in [1.54, 1.807) is 12.1 Å². The van der Waals surface area contributed by atoms with E-state index >= 15 is 0 Å². The number of ether oxygens (including phenoxy) is 1. The summed E-state index contributed by atoms with van der Waals surface area (Å²) in [5.41, 5.74) is 0. The van der Waals surface area contributed by atoms with Gasteiger partial charge in [-0.25, -0.2) is 4.79 Å². The number of aldehydes is 1. The zero-order chi connectivity index (χ0) is 13.0. The number of aromatic carboxylic acids is 1. The maximum absolute atomic E-state index is 10.6.